The van der Waals surface area contributed by atoms with Crippen LogP contribution in [-0.4, -0.2) is 7.85 Å². The summed E-state index contributed by atoms with van der Waals surface area (Å²) in [7, 11) is 5.05. The van der Waals surface area contributed by atoms with Crippen molar-refractivity contribution in [3.05, 3.63) is 23.7 Å². The molecule has 0 unspecified atom stereocenters. The van der Waals surface area contributed by atoms with Gasteiger partial charge in [-0.05, 0) is 12.4 Å². The van der Waals surface area contributed by atoms with E-state index < -0.39 is 11.7 Å². The Kier molecular flexibility index (Phi) is 1.98. The number of furan rings is 1. The fraction of sp³-hybridized carbons (Fsp3) is 0.333. The predicted molar refractivity (Wildman–Crippen MR) is 33.2 cm³/mol. The summed E-state index contributed by atoms with van der Waals surface area (Å²) in [6.07, 6.45) is -3.70. The second kappa shape index (κ2) is 2.64. The van der Waals surface area contributed by atoms with Crippen molar-refractivity contribution in [2.45, 2.75) is 12.5 Å². The molecule has 0 spiro atoms. The Bertz CT molecular complexity index is 240. The van der Waals surface area contributed by atoms with Gasteiger partial charge < -0.3 is 4.42 Å². The van der Waals surface area contributed by atoms with Crippen LogP contribution in [0.1, 0.15) is 11.3 Å². The average molecular weight is 160 g/mol. The molecule has 1 aromatic rings. The average Bonchev–Trinajstić information content (AvgIpc) is 2.32. The number of hydrogen-bond acceptors (Lipinski definition) is 1. The van der Waals surface area contributed by atoms with E-state index in [1.54, 1.807) is 0 Å². The van der Waals surface area contributed by atoms with Gasteiger partial charge in [-0.1, -0.05) is 0 Å². The molecule has 0 N–H and O–H groups in total. The van der Waals surface area contributed by atoms with E-state index in [1.807, 2.05) is 0 Å². The quantitative estimate of drug-likeness (QED) is 0.572. The first-order chi connectivity index (χ1) is 5.04. The highest BCUT2D eigenvalue weighted by Crippen LogP contribution is 2.30. The minimum absolute atomic E-state index is 0.0178. The Balaban J connectivity index is 2.89. The summed E-state index contributed by atoms with van der Waals surface area (Å²) in [6, 6.07) is 0.889. The third kappa shape index (κ3) is 1.79. The van der Waals surface area contributed by atoms with Crippen molar-refractivity contribution in [2.24, 2.45) is 0 Å². The van der Waals surface area contributed by atoms with Crippen molar-refractivity contribution in [2.75, 3.05) is 0 Å². The molecule has 11 heavy (non-hydrogen) atoms. The van der Waals surface area contributed by atoms with Crippen LogP contribution in [0.5, 0.6) is 0 Å². The van der Waals surface area contributed by atoms with Crippen molar-refractivity contribution in [1.29, 1.82) is 0 Å². The van der Waals surface area contributed by atoms with Gasteiger partial charge in [-0.3, -0.25) is 0 Å². The van der Waals surface area contributed by atoms with E-state index in [-0.39, 0.29) is 12.1 Å². The lowest BCUT2D eigenvalue weighted by Crippen LogP contribution is -2.02. The van der Waals surface area contributed by atoms with Crippen molar-refractivity contribution in [3.63, 3.8) is 0 Å². The summed E-state index contributed by atoms with van der Waals surface area (Å²) < 4.78 is 40.0. The maximum absolute atomic E-state index is 11.8. The van der Waals surface area contributed by atoms with Crippen LogP contribution in [0.4, 0.5) is 13.2 Å². The highest BCUT2D eigenvalue weighted by Gasteiger charge is 2.32. The van der Waals surface area contributed by atoms with Crippen LogP contribution in [-0.2, 0) is 12.5 Å². The highest BCUT2D eigenvalue weighted by molar-refractivity contribution is 6.08. The Morgan fingerprint density at radius 3 is 2.36 bits per heavy atom. The Morgan fingerprint density at radius 1 is 1.45 bits per heavy atom. The third-order valence-corrected chi connectivity index (χ3v) is 1.18. The molecule has 1 rings (SSSR count). The zero-order chi connectivity index (χ0) is 8.48. The zero-order valence-electron chi connectivity index (χ0n) is 5.48. The van der Waals surface area contributed by atoms with Crippen LogP contribution < -0.4 is 0 Å². The van der Waals surface area contributed by atoms with Crippen molar-refractivity contribution >= 4 is 7.85 Å². The molecule has 0 atom stereocenters. The molecule has 2 radical (unpaired) electrons. The van der Waals surface area contributed by atoms with E-state index in [2.05, 4.69) is 4.42 Å². The first kappa shape index (κ1) is 8.23. The minimum Gasteiger partial charge on any atom is -0.470 e. The maximum Gasteiger partial charge on any atom is 0.419 e. The molecule has 0 saturated heterocycles. The van der Waals surface area contributed by atoms with Gasteiger partial charge in [0.05, 0.1) is 19.2 Å². The second-order valence-corrected chi connectivity index (χ2v) is 2.00. The SMILES string of the molecule is [B]Cc1cc(C(F)(F)F)co1. The van der Waals surface area contributed by atoms with E-state index in [1.165, 1.54) is 0 Å². The van der Waals surface area contributed by atoms with E-state index in [0.717, 1.165) is 6.07 Å². The summed E-state index contributed by atoms with van der Waals surface area (Å²) >= 11 is 0. The van der Waals surface area contributed by atoms with Gasteiger partial charge in [0, 0.05) is 0 Å². The summed E-state index contributed by atoms with van der Waals surface area (Å²) in [5.41, 5.74) is -0.794. The standard InChI is InChI=1S/C6H4BF3O/c7-2-5-1-4(3-11-5)6(8,9)10/h1,3H,2H2. The van der Waals surface area contributed by atoms with Crippen molar-refractivity contribution in [1.82, 2.24) is 0 Å². The number of alkyl halides is 3. The van der Waals surface area contributed by atoms with Gasteiger partial charge in [0.1, 0.15) is 6.26 Å². The first-order valence-corrected chi connectivity index (χ1v) is 2.88. The summed E-state index contributed by atoms with van der Waals surface area (Å²) in [5.74, 6) is 0.136. The molecule has 5 heteroatoms. The van der Waals surface area contributed by atoms with Crippen molar-refractivity contribution in [3.8, 4) is 0 Å². The van der Waals surface area contributed by atoms with E-state index in [4.69, 9.17) is 7.85 Å². The van der Waals surface area contributed by atoms with Crippen LogP contribution in [0.25, 0.3) is 0 Å². The van der Waals surface area contributed by atoms with Crippen LogP contribution in [0.3, 0.4) is 0 Å². The lowest BCUT2D eigenvalue weighted by atomic mass is 10.0. The Morgan fingerprint density at radius 2 is 2.09 bits per heavy atom. The fourth-order valence-corrected chi connectivity index (χ4v) is 0.636. The van der Waals surface area contributed by atoms with Crippen LogP contribution >= 0.6 is 0 Å². The van der Waals surface area contributed by atoms with E-state index in [9.17, 15) is 13.2 Å². The zero-order valence-corrected chi connectivity index (χ0v) is 5.48. The highest BCUT2D eigenvalue weighted by atomic mass is 19.4. The van der Waals surface area contributed by atoms with Gasteiger partial charge in [-0.25, -0.2) is 0 Å². The monoisotopic (exact) mass is 160 g/mol. The summed E-state index contributed by atoms with van der Waals surface area (Å²) in [4.78, 5) is 0. The number of rotatable bonds is 1. The molecular weight excluding hydrogens is 156 g/mol. The van der Waals surface area contributed by atoms with Gasteiger partial charge in [0.15, 0.2) is 0 Å². The van der Waals surface area contributed by atoms with Gasteiger partial charge in [0.25, 0.3) is 0 Å². The molecule has 1 aromatic heterocycles. The topological polar surface area (TPSA) is 13.1 Å². The summed E-state index contributed by atoms with van der Waals surface area (Å²) in [5, 5.41) is 0. The molecule has 0 aliphatic rings. The number of halogens is 3. The molecular formula is C6H4BF3O. The maximum atomic E-state index is 11.8. The molecule has 0 bridgehead atoms. The molecule has 0 saturated carbocycles. The fourth-order valence-electron chi connectivity index (χ4n) is 0.636. The van der Waals surface area contributed by atoms with Gasteiger partial charge >= 0.3 is 6.18 Å². The molecule has 0 aliphatic carbocycles. The molecule has 58 valence electrons. The van der Waals surface area contributed by atoms with Crippen LogP contribution in [0.2, 0.25) is 0 Å². The Labute approximate surface area is 62.6 Å². The largest absolute Gasteiger partial charge is 0.470 e. The smallest absolute Gasteiger partial charge is 0.419 e. The normalized spacial score (nSPS) is 11.9. The molecule has 0 fully saturated rings. The van der Waals surface area contributed by atoms with Crippen LogP contribution in [0.15, 0.2) is 16.7 Å². The lowest BCUT2D eigenvalue weighted by molar-refractivity contribution is -0.137. The summed E-state index contributed by atoms with van der Waals surface area (Å²) in [6.45, 7) is 0. The van der Waals surface area contributed by atoms with Crippen molar-refractivity contribution < 1.29 is 17.6 Å². The van der Waals surface area contributed by atoms with Gasteiger partial charge in [-0.15, -0.1) is 0 Å². The molecule has 0 aromatic carbocycles. The minimum atomic E-state index is -4.34. The van der Waals surface area contributed by atoms with Crippen LogP contribution in [0, 0.1) is 0 Å². The lowest BCUT2D eigenvalue weighted by Gasteiger charge is -1.99. The van der Waals surface area contributed by atoms with Gasteiger partial charge in [0.2, 0.25) is 0 Å². The first-order valence-electron chi connectivity index (χ1n) is 2.88. The molecule has 1 heterocycles. The van der Waals surface area contributed by atoms with Gasteiger partial charge in [-0.2, -0.15) is 13.2 Å². The Hall–Kier alpha value is -0.865. The predicted octanol–water partition coefficient (Wildman–Crippen LogP) is 1.97. The number of hydrogen-bond donors (Lipinski definition) is 0. The molecule has 1 nitrogen and oxygen atoms in total. The molecule has 0 amide bonds. The van der Waals surface area contributed by atoms with E-state index in [0.29, 0.717) is 6.26 Å². The third-order valence-electron chi connectivity index (χ3n) is 1.18. The second-order valence-electron chi connectivity index (χ2n) is 2.00. The molecule has 0 aliphatic heterocycles. The van der Waals surface area contributed by atoms with E-state index >= 15 is 0 Å².